The first-order chi connectivity index (χ1) is 8.19. The van der Waals surface area contributed by atoms with Crippen molar-refractivity contribution < 1.29 is 0 Å². The summed E-state index contributed by atoms with van der Waals surface area (Å²) in [5.74, 6) is 0. The van der Waals surface area contributed by atoms with Crippen molar-refractivity contribution in [2.24, 2.45) is 0 Å². The van der Waals surface area contributed by atoms with Crippen molar-refractivity contribution in [2.75, 3.05) is 7.05 Å². The van der Waals surface area contributed by atoms with Gasteiger partial charge in [-0.15, -0.1) is 0 Å². The van der Waals surface area contributed by atoms with E-state index in [2.05, 4.69) is 22.1 Å². The van der Waals surface area contributed by atoms with Gasteiger partial charge in [-0.1, -0.05) is 23.2 Å². The number of nitrogens with zero attached hydrogens (tertiary/aromatic N) is 1. The van der Waals surface area contributed by atoms with Crippen LogP contribution < -0.4 is 5.32 Å². The van der Waals surface area contributed by atoms with Crippen molar-refractivity contribution in [3.8, 4) is 0 Å². The lowest BCUT2D eigenvalue weighted by atomic mass is 10.2. The summed E-state index contributed by atoms with van der Waals surface area (Å²) < 4.78 is 2.10. The van der Waals surface area contributed by atoms with Crippen molar-refractivity contribution in [2.45, 2.75) is 13.1 Å². The van der Waals surface area contributed by atoms with Gasteiger partial charge in [0.2, 0.25) is 0 Å². The van der Waals surface area contributed by atoms with Crippen LogP contribution in [0.2, 0.25) is 10.0 Å². The second-order valence-corrected chi connectivity index (χ2v) is 4.80. The summed E-state index contributed by atoms with van der Waals surface area (Å²) in [4.78, 5) is 0. The summed E-state index contributed by atoms with van der Waals surface area (Å²) in [5.41, 5.74) is 2.29. The highest BCUT2D eigenvalue weighted by Gasteiger charge is 2.03. The molecule has 0 atom stereocenters. The molecule has 2 aromatic rings. The molecule has 0 saturated carbocycles. The van der Waals surface area contributed by atoms with Gasteiger partial charge in [0.05, 0.1) is 0 Å². The Morgan fingerprint density at radius 2 is 2.06 bits per heavy atom. The Morgan fingerprint density at radius 3 is 2.82 bits per heavy atom. The fraction of sp³-hybridized carbons (Fsp3) is 0.231. The van der Waals surface area contributed by atoms with E-state index in [0.29, 0.717) is 5.02 Å². The van der Waals surface area contributed by atoms with Crippen LogP contribution in [0.3, 0.4) is 0 Å². The Bertz CT molecular complexity index is 506. The zero-order valence-electron chi connectivity index (χ0n) is 9.58. The number of halogens is 2. The first-order valence-electron chi connectivity index (χ1n) is 5.42. The second-order valence-electron chi connectivity index (χ2n) is 3.96. The van der Waals surface area contributed by atoms with Gasteiger partial charge in [-0.2, -0.15) is 0 Å². The summed E-state index contributed by atoms with van der Waals surface area (Å²) in [6.45, 7) is 1.61. The lowest BCUT2D eigenvalue weighted by molar-refractivity contribution is 0.783. The molecule has 1 aromatic heterocycles. The normalized spacial score (nSPS) is 10.8. The van der Waals surface area contributed by atoms with Crippen LogP contribution in [-0.4, -0.2) is 11.6 Å². The average Bonchev–Trinajstić information content (AvgIpc) is 2.72. The highest BCUT2D eigenvalue weighted by Crippen LogP contribution is 2.21. The third kappa shape index (κ3) is 3.25. The molecule has 2 nitrogen and oxygen atoms in total. The predicted octanol–water partition coefficient (Wildman–Crippen LogP) is 3.56. The lowest BCUT2D eigenvalue weighted by Gasteiger charge is -2.06. The maximum absolute atomic E-state index is 6.13. The molecule has 17 heavy (non-hydrogen) atoms. The van der Waals surface area contributed by atoms with Crippen LogP contribution in [0.25, 0.3) is 0 Å². The monoisotopic (exact) mass is 268 g/mol. The summed E-state index contributed by atoms with van der Waals surface area (Å²) >= 11 is 12.1. The van der Waals surface area contributed by atoms with Crippen molar-refractivity contribution in [1.82, 2.24) is 9.88 Å². The molecule has 4 heteroatoms. The van der Waals surface area contributed by atoms with Gasteiger partial charge in [0.15, 0.2) is 0 Å². The van der Waals surface area contributed by atoms with Crippen LogP contribution in [0.15, 0.2) is 36.7 Å². The minimum atomic E-state index is 0.715. The number of nitrogens with one attached hydrogen (secondary N) is 1. The maximum Gasteiger partial charge on any atom is 0.0485 e. The molecule has 0 bridgehead atoms. The molecule has 0 aliphatic carbocycles. The van der Waals surface area contributed by atoms with Gasteiger partial charge in [-0.05, 0) is 42.4 Å². The molecule has 2 rings (SSSR count). The number of hydrogen-bond donors (Lipinski definition) is 1. The van der Waals surface area contributed by atoms with E-state index in [-0.39, 0.29) is 0 Å². The van der Waals surface area contributed by atoms with E-state index in [1.807, 2.05) is 25.4 Å². The Hall–Kier alpha value is -0.960. The summed E-state index contributed by atoms with van der Waals surface area (Å²) in [7, 11) is 1.94. The van der Waals surface area contributed by atoms with Gasteiger partial charge in [-0.25, -0.2) is 0 Å². The van der Waals surface area contributed by atoms with E-state index < -0.39 is 0 Å². The van der Waals surface area contributed by atoms with Crippen LogP contribution in [0.1, 0.15) is 11.1 Å². The van der Waals surface area contributed by atoms with E-state index in [1.54, 1.807) is 6.07 Å². The summed E-state index contributed by atoms with van der Waals surface area (Å²) in [5, 5.41) is 4.58. The Labute approximate surface area is 111 Å². The fourth-order valence-electron chi connectivity index (χ4n) is 1.76. The van der Waals surface area contributed by atoms with Crippen molar-refractivity contribution in [3.05, 3.63) is 57.8 Å². The minimum Gasteiger partial charge on any atom is -0.350 e. The molecule has 0 saturated heterocycles. The molecular weight excluding hydrogens is 255 g/mol. The lowest BCUT2D eigenvalue weighted by Crippen LogP contribution is -2.04. The van der Waals surface area contributed by atoms with Crippen LogP contribution in [0.4, 0.5) is 0 Å². The second kappa shape index (κ2) is 5.58. The molecule has 0 fully saturated rings. The topological polar surface area (TPSA) is 17.0 Å². The molecule has 0 unspecified atom stereocenters. The highest BCUT2D eigenvalue weighted by atomic mass is 35.5. The predicted molar refractivity (Wildman–Crippen MR) is 72.8 cm³/mol. The molecule has 1 aromatic carbocycles. The smallest absolute Gasteiger partial charge is 0.0485 e. The molecular formula is C13H14Cl2N2. The van der Waals surface area contributed by atoms with E-state index in [1.165, 1.54) is 5.56 Å². The number of hydrogen-bond acceptors (Lipinski definition) is 1. The molecule has 1 N–H and O–H groups in total. The van der Waals surface area contributed by atoms with Gasteiger partial charge in [0.25, 0.3) is 0 Å². The van der Waals surface area contributed by atoms with E-state index in [9.17, 15) is 0 Å². The van der Waals surface area contributed by atoms with Gasteiger partial charge >= 0.3 is 0 Å². The van der Waals surface area contributed by atoms with Gasteiger partial charge in [0, 0.05) is 35.5 Å². The largest absolute Gasteiger partial charge is 0.350 e. The molecule has 0 spiro atoms. The van der Waals surface area contributed by atoms with E-state index in [4.69, 9.17) is 23.2 Å². The van der Waals surface area contributed by atoms with Crippen LogP contribution in [0.5, 0.6) is 0 Å². The molecule has 0 amide bonds. The standard InChI is InChI=1S/C13H14Cl2N2/c1-16-7-10-4-5-17(8-10)9-11-6-12(14)2-3-13(11)15/h2-6,8,16H,7,9H2,1H3. The van der Waals surface area contributed by atoms with Gasteiger partial charge in [0.1, 0.15) is 0 Å². The summed E-state index contributed by atoms with van der Waals surface area (Å²) in [6.07, 6.45) is 4.15. The highest BCUT2D eigenvalue weighted by molar-refractivity contribution is 6.33. The first kappa shape index (κ1) is 12.5. The quantitative estimate of drug-likeness (QED) is 0.898. The Morgan fingerprint density at radius 1 is 1.24 bits per heavy atom. The first-order valence-corrected chi connectivity index (χ1v) is 6.18. The SMILES string of the molecule is CNCc1ccn(Cc2cc(Cl)ccc2Cl)c1. The molecule has 0 aliphatic rings. The van der Waals surface area contributed by atoms with Crippen LogP contribution in [0, 0.1) is 0 Å². The molecule has 0 aliphatic heterocycles. The van der Waals surface area contributed by atoms with E-state index in [0.717, 1.165) is 23.7 Å². The van der Waals surface area contributed by atoms with Crippen molar-refractivity contribution in [1.29, 1.82) is 0 Å². The number of benzene rings is 1. The third-order valence-electron chi connectivity index (χ3n) is 2.55. The Balaban J connectivity index is 2.16. The zero-order chi connectivity index (χ0) is 12.3. The minimum absolute atomic E-state index is 0.715. The summed E-state index contributed by atoms with van der Waals surface area (Å²) in [6, 6.07) is 7.63. The Kier molecular flexibility index (Phi) is 4.11. The van der Waals surface area contributed by atoms with Crippen LogP contribution >= 0.6 is 23.2 Å². The van der Waals surface area contributed by atoms with E-state index >= 15 is 0 Å². The maximum atomic E-state index is 6.13. The molecule has 1 heterocycles. The zero-order valence-corrected chi connectivity index (χ0v) is 11.1. The number of aromatic nitrogens is 1. The molecule has 0 radical (unpaired) electrons. The van der Waals surface area contributed by atoms with Gasteiger partial charge < -0.3 is 9.88 Å². The third-order valence-corrected chi connectivity index (χ3v) is 3.16. The average molecular weight is 269 g/mol. The van der Waals surface area contributed by atoms with Crippen molar-refractivity contribution in [3.63, 3.8) is 0 Å². The van der Waals surface area contributed by atoms with Gasteiger partial charge in [-0.3, -0.25) is 0 Å². The number of rotatable bonds is 4. The van der Waals surface area contributed by atoms with Crippen molar-refractivity contribution >= 4 is 23.2 Å². The molecule has 90 valence electrons. The van der Waals surface area contributed by atoms with Crippen LogP contribution in [-0.2, 0) is 13.1 Å². The fourth-order valence-corrected chi connectivity index (χ4v) is 2.13.